The van der Waals surface area contributed by atoms with Gasteiger partial charge in [-0.25, -0.2) is 0 Å². The number of nitrogens with one attached hydrogen (secondary N) is 4. The number of carboxylic acids is 1. The first-order valence-electron chi connectivity index (χ1n) is 13.9. The van der Waals surface area contributed by atoms with E-state index in [9.17, 15) is 33.9 Å². The number of aliphatic carboxylic acids is 1. The van der Waals surface area contributed by atoms with Crippen molar-refractivity contribution in [1.82, 2.24) is 16.0 Å². The number of carbonyl (C=O) groups is 6. The zero-order valence-corrected chi connectivity index (χ0v) is 23.8. The summed E-state index contributed by atoms with van der Waals surface area (Å²) in [5.41, 5.74) is 11.4. The molecular weight excluding hydrogens is 548 g/mol. The lowest BCUT2D eigenvalue weighted by molar-refractivity contribution is -0.223. The average molecular weight is 590 g/mol. The molecule has 232 valence electrons. The predicted octanol–water partition coefficient (Wildman–Crippen LogP) is 0.124. The van der Waals surface area contributed by atoms with Crippen LogP contribution in [0.3, 0.4) is 0 Å². The summed E-state index contributed by atoms with van der Waals surface area (Å²) in [6.45, 7) is 2.12. The van der Waals surface area contributed by atoms with E-state index in [1.165, 1.54) is 12.1 Å². The maximum atomic E-state index is 13.3. The van der Waals surface area contributed by atoms with Gasteiger partial charge >= 0.3 is 5.97 Å². The van der Waals surface area contributed by atoms with Crippen LogP contribution in [0.2, 0.25) is 0 Å². The van der Waals surface area contributed by atoms with Gasteiger partial charge in [0.2, 0.25) is 23.6 Å². The standard InChI is InChI=1S/C28H42N6O8/c1-2-3-4-5-6-7-8-13-24(37)32-20(14-22(35)17-11-9-10-12-18(17)29)27(41)34-21(15-23(30)36)28(42)33-19(26(31)40)16-25(38)39/h9-12,19-21H,2-8,13-16,29H2,1H3,(H2,30,36)(H2,31,40)(H,32,37)(H,33,42)(H,34,41)(H,38,39)/p-1. The van der Waals surface area contributed by atoms with E-state index in [-0.39, 0.29) is 17.7 Å². The Balaban J connectivity index is 3.05. The van der Waals surface area contributed by atoms with Crippen LogP contribution in [-0.2, 0) is 24.0 Å². The molecule has 1 aromatic rings. The van der Waals surface area contributed by atoms with Crippen LogP contribution in [0, 0.1) is 5.41 Å². The quantitative estimate of drug-likeness (QED) is 0.0337. The van der Waals surface area contributed by atoms with Gasteiger partial charge in [-0.05, 0) is 24.5 Å². The number of rotatable bonds is 21. The van der Waals surface area contributed by atoms with E-state index in [1.807, 2.05) is 5.32 Å². The second-order valence-electron chi connectivity index (χ2n) is 9.96. The average Bonchev–Trinajstić information content (AvgIpc) is 2.90. The first-order chi connectivity index (χ1) is 19.8. The highest BCUT2D eigenvalue weighted by Gasteiger charge is 2.31. The van der Waals surface area contributed by atoms with Crippen LogP contribution in [0.1, 0.15) is 87.9 Å². The van der Waals surface area contributed by atoms with Gasteiger partial charge in [-0.15, -0.1) is 0 Å². The normalized spacial score (nSPS) is 12.8. The molecule has 0 bridgehead atoms. The van der Waals surface area contributed by atoms with Gasteiger partial charge in [-0.2, -0.15) is 0 Å². The number of primary amides is 1. The predicted molar refractivity (Wildman–Crippen MR) is 152 cm³/mol. The molecule has 14 heteroatoms. The number of nitrogen functional groups attached to an aromatic ring is 1. The van der Waals surface area contributed by atoms with Crippen LogP contribution in [-0.4, -0.2) is 64.5 Å². The van der Waals surface area contributed by atoms with Crippen molar-refractivity contribution in [2.45, 2.75) is 95.7 Å². The number of carboxylic acid groups (broad SMARTS) is 1. The van der Waals surface area contributed by atoms with Crippen LogP contribution in [0.5, 0.6) is 0 Å². The van der Waals surface area contributed by atoms with E-state index in [0.717, 1.165) is 38.5 Å². The molecule has 3 atom stereocenters. The summed E-state index contributed by atoms with van der Waals surface area (Å²) in [5, 5.41) is 34.4. The highest BCUT2D eigenvalue weighted by Crippen LogP contribution is 2.15. The van der Waals surface area contributed by atoms with Gasteiger partial charge in [0.25, 0.3) is 0 Å². The maximum absolute atomic E-state index is 13.3. The summed E-state index contributed by atoms with van der Waals surface area (Å²) in [6.07, 6.45) is 4.66. The smallest absolute Gasteiger partial charge is 0.305 e. The van der Waals surface area contributed by atoms with Crippen LogP contribution in [0.4, 0.5) is 5.69 Å². The minimum absolute atomic E-state index is 0.0902. The Hall–Kier alpha value is -4.49. The molecule has 42 heavy (non-hydrogen) atoms. The number of benzene rings is 1. The molecule has 0 saturated carbocycles. The number of hydrogen-bond acceptors (Lipinski definition) is 9. The second kappa shape index (κ2) is 18.8. The van der Waals surface area contributed by atoms with Gasteiger partial charge in [0.05, 0.1) is 18.9 Å². The first-order valence-corrected chi connectivity index (χ1v) is 13.9. The van der Waals surface area contributed by atoms with E-state index >= 15 is 0 Å². The molecule has 0 aliphatic carbocycles. The lowest BCUT2D eigenvalue weighted by Crippen LogP contribution is -2.57. The van der Waals surface area contributed by atoms with Crippen molar-refractivity contribution in [2.75, 3.05) is 5.73 Å². The third-order valence-electron chi connectivity index (χ3n) is 6.36. The van der Waals surface area contributed by atoms with Crippen molar-refractivity contribution in [3.63, 3.8) is 0 Å². The van der Waals surface area contributed by atoms with Crippen LogP contribution in [0.15, 0.2) is 24.3 Å². The molecule has 14 nitrogen and oxygen atoms in total. The number of hydrogen-bond donors (Lipinski definition) is 7. The number of unbranched alkanes of at least 4 members (excludes halogenated alkanes) is 6. The highest BCUT2D eigenvalue weighted by atomic mass is 16.4. The minimum atomic E-state index is -1.75. The first kappa shape index (κ1) is 35.5. The second-order valence-corrected chi connectivity index (χ2v) is 9.96. The molecule has 0 aromatic heterocycles. The number of anilines is 1. The SMILES string of the molecule is CCCCCCCCCC(=O)NC(CC(=O)c1ccccc1N)C(=O)NC(CC(N)=O)C(=O)NC(CC(=O)O)C(=N)[O-]. The fourth-order valence-corrected chi connectivity index (χ4v) is 4.10. The molecule has 0 spiro atoms. The van der Waals surface area contributed by atoms with Gasteiger partial charge < -0.3 is 43.0 Å². The Labute approximate surface area is 244 Å². The number of carbonyl (C=O) groups excluding carboxylic acids is 5. The molecule has 0 aliphatic heterocycles. The number of nitrogens with two attached hydrogens (primary N) is 2. The van der Waals surface area contributed by atoms with Crippen molar-refractivity contribution in [2.24, 2.45) is 5.73 Å². The molecule has 1 aromatic carbocycles. The molecule has 0 saturated heterocycles. The summed E-state index contributed by atoms with van der Waals surface area (Å²) < 4.78 is 0. The molecule has 4 amide bonds. The topological polar surface area (TPSA) is 258 Å². The van der Waals surface area contributed by atoms with E-state index in [4.69, 9.17) is 22.0 Å². The van der Waals surface area contributed by atoms with Crippen LogP contribution >= 0.6 is 0 Å². The largest absolute Gasteiger partial charge is 0.861 e. The van der Waals surface area contributed by atoms with Crippen molar-refractivity contribution < 1.29 is 39.0 Å². The molecule has 0 heterocycles. The Bertz CT molecular complexity index is 1130. The van der Waals surface area contributed by atoms with E-state index < -0.39 is 78.7 Å². The van der Waals surface area contributed by atoms with Gasteiger partial charge in [0, 0.05) is 24.1 Å². The molecule has 1 rings (SSSR count). The monoisotopic (exact) mass is 589 g/mol. The Morgan fingerprint density at radius 3 is 1.93 bits per heavy atom. The van der Waals surface area contributed by atoms with Gasteiger partial charge in [0.1, 0.15) is 12.1 Å². The van der Waals surface area contributed by atoms with Gasteiger partial charge in [0.15, 0.2) is 5.78 Å². The molecule has 0 fully saturated rings. The fraction of sp³-hybridized carbons (Fsp3) is 0.536. The summed E-state index contributed by atoms with van der Waals surface area (Å²) >= 11 is 0. The zero-order chi connectivity index (χ0) is 31.7. The van der Waals surface area contributed by atoms with Gasteiger partial charge in [-0.1, -0.05) is 57.6 Å². The molecule has 0 aliphatic rings. The number of Topliss-reactive ketones (excluding diaryl/α,β-unsaturated/α-hetero) is 1. The Morgan fingerprint density at radius 2 is 1.38 bits per heavy atom. The van der Waals surface area contributed by atoms with Crippen LogP contribution in [0.25, 0.3) is 0 Å². The third kappa shape index (κ3) is 13.7. The van der Waals surface area contributed by atoms with Crippen molar-refractivity contribution in [1.29, 1.82) is 5.41 Å². The minimum Gasteiger partial charge on any atom is -0.861 e. The van der Waals surface area contributed by atoms with Crippen molar-refractivity contribution >= 4 is 47.0 Å². The summed E-state index contributed by atoms with van der Waals surface area (Å²) in [5.74, 6) is -7.12. The summed E-state index contributed by atoms with van der Waals surface area (Å²) in [6, 6.07) is 1.24. The van der Waals surface area contributed by atoms with Crippen LogP contribution < -0.4 is 32.5 Å². The third-order valence-corrected chi connectivity index (χ3v) is 6.36. The fourth-order valence-electron chi connectivity index (χ4n) is 4.10. The Morgan fingerprint density at radius 1 is 0.833 bits per heavy atom. The summed E-state index contributed by atoms with van der Waals surface area (Å²) in [7, 11) is 0. The highest BCUT2D eigenvalue weighted by molar-refractivity contribution is 6.04. The lowest BCUT2D eigenvalue weighted by Gasteiger charge is -2.26. The lowest BCUT2D eigenvalue weighted by atomic mass is 10.0. The van der Waals surface area contributed by atoms with E-state index in [2.05, 4.69) is 17.6 Å². The molecule has 9 N–H and O–H groups in total. The molecular formula is C28H41N6O8-. The van der Waals surface area contributed by atoms with Gasteiger partial charge in [-0.3, -0.25) is 28.8 Å². The van der Waals surface area contributed by atoms with Crippen molar-refractivity contribution in [3.8, 4) is 0 Å². The maximum Gasteiger partial charge on any atom is 0.305 e. The molecule has 0 radical (unpaired) electrons. The van der Waals surface area contributed by atoms with E-state index in [0.29, 0.717) is 6.42 Å². The Kier molecular flexibility index (Phi) is 15.9. The number of para-hydroxylation sites is 1. The van der Waals surface area contributed by atoms with Crippen molar-refractivity contribution in [3.05, 3.63) is 29.8 Å². The molecule has 3 unspecified atom stereocenters. The number of amides is 4. The zero-order valence-electron chi connectivity index (χ0n) is 23.8. The summed E-state index contributed by atoms with van der Waals surface area (Å²) in [4.78, 5) is 74.4. The number of ketones is 1. The van der Waals surface area contributed by atoms with E-state index in [1.54, 1.807) is 12.1 Å².